The van der Waals surface area contributed by atoms with Crippen molar-refractivity contribution in [3.63, 3.8) is 0 Å². The van der Waals surface area contributed by atoms with Gasteiger partial charge in [-0.15, -0.1) is 0 Å². The highest BCUT2D eigenvalue weighted by Gasteiger charge is 2.16. The predicted octanol–water partition coefficient (Wildman–Crippen LogP) is 2.68. The molecule has 118 valence electrons. The van der Waals surface area contributed by atoms with E-state index in [0.29, 0.717) is 23.4 Å². The van der Waals surface area contributed by atoms with Gasteiger partial charge in [0, 0.05) is 24.8 Å². The number of carbonyl (C=O) groups is 1. The normalized spacial score (nSPS) is 11.3. The van der Waals surface area contributed by atoms with Crippen LogP contribution in [0.3, 0.4) is 0 Å². The predicted molar refractivity (Wildman–Crippen MR) is 86.2 cm³/mol. The maximum absolute atomic E-state index is 12.2. The van der Waals surface area contributed by atoms with Crippen molar-refractivity contribution < 1.29 is 14.3 Å². The van der Waals surface area contributed by atoms with E-state index in [9.17, 15) is 4.79 Å². The lowest BCUT2D eigenvalue weighted by Crippen LogP contribution is -2.29. The van der Waals surface area contributed by atoms with Gasteiger partial charge in [0.15, 0.2) is 0 Å². The molecule has 0 heterocycles. The fourth-order valence-electron chi connectivity index (χ4n) is 2.24. The highest BCUT2D eigenvalue weighted by atomic mass is 16.5. The molecule has 2 aromatic rings. The SMILES string of the molecule is COc1ccccc1C(CNC(=O)c1ccc(C#N)cc1)OC. The number of carbonyl (C=O) groups excluding carboxylic acids is 1. The minimum atomic E-state index is -0.312. The largest absolute Gasteiger partial charge is 0.496 e. The van der Waals surface area contributed by atoms with Crippen LogP contribution < -0.4 is 10.1 Å². The number of hydrogen-bond acceptors (Lipinski definition) is 4. The van der Waals surface area contributed by atoms with E-state index in [1.807, 2.05) is 30.3 Å². The number of nitriles is 1. The van der Waals surface area contributed by atoms with Crippen LogP contribution in [0.5, 0.6) is 5.75 Å². The van der Waals surface area contributed by atoms with Gasteiger partial charge in [-0.2, -0.15) is 5.26 Å². The van der Waals surface area contributed by atoms with Crippen molar-refractivity contribution in [1.82, 2.24) is 5.32 Å². The van der Waals surface area contributed by atoms with Gasteiger partial charge >= 0.3 is 0 Å². The highest BCUT2D eigenvalue weighted by molar-refractivity contribution is 5.94. The Balaban J connectivity index is 2.05. The number of nitrogens with one attached hydrogen (secondary N) is 1. The Morgan fingerprint density at radius 2 is 1.87 bits per heavy atom. The first-order valence-electron chi connectivity index (χ1n) is 7.13. The van der Waals surface area contributed by atoms with Gasteiger partial charge in [0.25, 0.3) is 5.91 Å². The van der Waals surface area contributed by atoms with Crippen molar-refractivity contribution >= 4 is 5.91 Å². The van der Waals surface area contributed by atoms with E-state index in [1.54, 1.807) is 38.5 Å². The average Bonchev–Trinajstić information content (AvgIpc) is 2.62. The molecule has 0 bridgehead atoms. The number of ether oxygens (including phenoxy) is 2. The Morgan fingerprint density at radius 1 is 1.17 bits per heavy atom. The summed E-state index contributed by atoms with van der Waals surface area (Å²) in [4.78, 5) is 12.2. The summed E-state index contributed by atoms with van der Waals surface area (Å²) < 4.78 is 10.8. The summed E-state index contributed by atoms with van der Waals surface area (Å²) in [5, 5.41) is 11.6. The number of amides is 1. The van der Waals surface area contributed by atoms with Crippen LogP contribution in [0.25, 0.3) is 0 Å². The summed E-state index contributed by atoms with van der Waals surface area (Å²) in [6.45, 7) is 0.315. The third-order valence-corrected chi connectivity index (χ3v) is 3.49. The number of para-hydroxylation sites is 1. The van der Waals surface area contributed by atoms with Gasteiger partial charge in [-0.05, 0) is 30.3 Å². The molecule has 0 spiro atoms. The zero-order valence-corrected chi connectivity index (χ0v) is 13.1. The zero-order valence-electron chi connectivity index (χ0n) is 13.1. The first-order valence-corrected chi connectivity index (χ1v) is 7.13. The summed E-state index contributed by atoms with van der Waals surface area (Å²) in [6, 6.07) is 16.0. The molecule has 5 heteroatoms. The van der Waals surface area contributed by atoms with E-state index in [2.05, 4.69) is 5.32 Å². The summed E-state index contributed by atoms with van der Waals surface area (Å²) in [7, 11) is 3.19. The third kappa shape index (κ3) is 4.09. The Hall–Kier alpha value is -2.84. The zero-order chi connectivity index (χ0) is 16.7. The minimum Gasteiger partial charge on any atom is -0.496 e. The molecule has 1 atom stereocenters. The smallest absolute Gasteiger partial charge is 0.251 e. The lowest BCUT2D eigenvalue weighted by atomic mass is 10.1. The van der Waals surface area contributed by atoms with Crippen LogP contribution >= 0.6 is 0 Å². The first kappa shape index (κ1) is 16.5. The van der Waals surface area contributed by atoms with E-state index >= 15 is 0 Å². The van der Waals surface area contributed by atoms with E-state index in [0.717, 1.165) is 5.56 Å². The summed E-state index contributed by atoms with van der Waals surface area (Å²) in [6.07, 6.45) is -0.312. The highest BCUT2D eigenvalue weighted by Crippen LogP contribution is 2.26. The Morgan fingerprint density at radius 3 is 2.48 bits per heavy atom. The van der Waals surface area contributed by atoms with Gasteiger partial charge in [-0.25, -0.2) is 0 Å². The van der Waals surface area contributed by atoms with Gasteiger partial charge in [0.2, 0.25) is 0 Å². The second-order valence-corrected chi connectivity index (χ2v) is 4.87. The van der Waals surface area contributed by atoms with E-state index in [1.165, 1.54) is 0 Å². The van der Waals surface area contributed by atoms with Crippen molar-refractivity contribution in [2.24, 2.45) is 0 Å². The molecule has 1 N–H and O–H groups in total. The number of nitrogens with zero attached hydrogens (tertiary/aromatic N) is 1. The number of benzene rings is 2. The second-order valence-electron chi connectivity index (χ2n) is 4.87. The van der Waals surface area contributed by atoms with Gasteiger partial charge in [0.05, 0.1) is 18.7 Å². The van der Waals surface area contributed by atoms with Crippen LogP contribution in [-0.2, 0) is 4.74 Å². The molecule has 0 radical (unpaired) electrons. The summed E-state index contributed by atoms with van der Waals surface area (Å²) >= 11 is 0. The number of hydrogen-bond donors (Lipinski definition) is 1. The number of methoxy groups -OCH3 is 2. The molecular formula is C18H18N2O3. The second kappa shape index (κ2) is 7.97. The lowest BCUT2D eigenvalue weighted by molar-refractivity contribution is 0.0819. The molecule has 1 amide bonds. The van der Waals surface area contributed by atoms with Crippen LogP contribution in [0.2, 0.25) is 0 Å². The Kier molecular flexibility index (Phi) is 5.73. The third-order valence-electron chi connectivity index (χ3n) is 3.49. The van der Waals surface area contributed by atoms with Crippen LogP contribution in [0.4, 0.5) is 0 Å². The Bertz CT molecular complexity index is 705. The van der Waals surface area contributed by atoms with Crippen LogP contribution in [0.1, 0.15) is 27.6 Å². The standard InChI is InChI=1S/C18H18N2O3/c1-22-16-6-4-3-5-15(16)17(23-2)12-20-18(21)14-9-7-13(11-19)8-10-14/h3-10,17H,12H2,1-2H3,(H,20,21). The molecular weight excluding hydrogens is 292 g/mol. The van der Waals surface area contributed by atoms with Crippen LogP contribution in [0, 0.1) is 11.3 Å². The van der Waals surface area contributed by atoms with Gasteiger partial charge < -0.3 is 14.8 Å². The monoisotopic (exact) mass is 310 g/mol. The molecule has 0 aliphatic rings. The van der Waals surface area contributed by atoms with Gasteiger partial charge in [-0.1, -0.05) is 18.2 Å². The fourth-order valence-corrected chi connectivity index (χ4v) is 2.24. The molecule has 2 rings (SSSR count). The molecule has 0 aromatic heterocycles. The quantitative estimate of drug-likeness (QED) is 0.890. The average molecular weight is 310 g/mol. The van der Waals surface area contributed by atoms with Crippen LogP contribution in [0.15, 0.2) is 48.5 Å². The lowest BCUT2D eigenvalue weighted by Gasteiger charge is -2.19. The first-order chi connectivity index (χ1) is 11.2. The Labute approximate surface area is 135 Å². The molecule has 23 heavy (non-hydrogen) atoms. The molecule has 0 saturated carbocycles. The van der Waals surface area contributed by atoms with Gasteiger partial charge in [-0.3, -0.25) is 4.79 Å². The molecule has 0 saturated heterocycles. The maximum atomic E-state index is 12.2. The van der Waals surface area contributed by atoms with E-state index in [4.69, 9.17) is 14.7 Å². The van der Waals surface area contributed by atoms with E-state index in [-0.39, 0.29) is 12.0 Å². The minimum absolute atomic E-state index is 0.216. The molecule has 0 fully saturated rings. The summed E-state index contributed by atoms with van der Waals surface area (Å²) in [5.41, 5.74) is 1.89. The van der Waals surface area contributed by atoms with Crippen LogP contribution in [-0.4, -0.2) is 26.7 Å². The number of rotatable bonds is 6. The maximum Gasteiger partial charge on any atom is 0.251 e. The van der Waals surface area contributed by atoms with Crippen molar-refractivity contribution in [3.05, 3.63) is 65.2 Å². The summed E-state index contributed by atoms with van der Waals surface area (Å²) in [5.74, 6) is 0.499. The molecule has 2 aromatic carbocycles. The van der Waals surface area contributed by atoms with Crippen molar-refractivity contribution in [3.8, 4) is 11.8 Å². The van der Waals surface area contributed by atoms with Crippen molar-refractivity contribution in [2.45, 2.75) is 6.10 Å². The molecule has 5 nitrogen and oxygen atoms in total. The topological polar surface area (TPSA) is 71.3 Å². The fraction of sp³-hybridized carbons (Fsp3) is 0.222. The molecule has 0 aliphatic heterocycles. The molecule has 1 unspecified atom stereocenters. The molecule has 0 aliphatic carbocycles. The van der Waals surface area contributed by atoms with Gasteiger partial charge in [0.1, 0.15) is 11.9 Å². The van der Waals surface area contributed by atoms with Crippen molar-refractivity contribution in [1.29, 1.82) is 5.26 Å². The van der Waals surface area contributed by atoms with Crippen molar-refractivity contribution in [2.75, 3.05) is 20.8 Å². The van der Waals surface area contributed by atoms with E-state index < -0.39 is 0 Å².